The molecule has 1 fully saturated rings. The van der Waals surface area contributed by atoms with Gasteiger partial charge in [0.1, 0.15) is 0 Å². The monoisotopic (exact) mass is 160 g/mol. The predicted octanol–water partition coefficient (Wildman–Crippen LogP) is -0.433. The molecule has 3 N–H and O–H groups in total. The van der Waals surface area contributed by atoms with Gasteiger partial charge in [0.05, 0.1) is 5.75 Å². The van der Waals surface area contributed by atoms with Crippen molar-refractivity contribution in [2.75, 3.05) is 18.1 Å². The van der Waals surface area contributed by atoms with Crippen LogP contribution in [0.5, 0.6) is 0 Å². The Morgan fingerprint density at radius 2 is 2.60 bits per heavy atom. The van der Waals surface area contributed by atoms with Gasteiger partial charge in [-0.25, -0.2) is 0 Å². The topological polar surface area (TPSA) is 55.1 Å². The van der Waals surface area contributed by atoms with E-state index in [1.54, 1.807) is 11.8 Å². The number of hydrogen-bond acceptors (Lipinski definition) is 3. The Labute approximate surface area is 64.7 Å². The first-order valence-electron chi connectivity index (χ1n) is 3.40. The molecule has 0 bridgehead atoms. The van der Waals surface area contributed by atoms with E-state index in [1.165, 1.54) is 0 Å². The Bertz CT molecular complexity index is 129. The summed E-state index contributed by atoms with van der Waals surface area (Å²) in [7, 11) is 0. The van der Waals surface area contributed by atoms with Crippen LogP contribution in [0.4, 0.5) is 0 Å². The summed E-state index contributed by atoms with van der Waals surface area (Å²) in [5.74, 6) is 1.76. The highest BCUT2D eigenvalue weighted by molar-refractivity contribution is 7.99. The second kappa shape index (κ2) is 3.83. The quantitative estimate of drug-likeness (QED) is 0.547. The maximum absolute atomic E-state index is 10.9. The second-order valence-electron chi connectivity index (χ2n) is 2.34. The van der Waals surface area contributed by atoms with Crippen LogP contribution >= 0.6 is 11.8 Å². The molecule has 1 aliphatic heterocycles. The third kappa shape index (κ3) is 2.19. The Morgan fingerprint density at radius 1 is 1.80 bits per heavy atom. The first-order valence-corrected chi connectivity index (χ1v) is 4.55. The van der Waals surface area contributed by atoms with E-state index in [0.717, 1.165) is 12.2 Å². The molecule has 3 nitrogen and oxygen atoms in total. The number of rotatable bonds is 1. The molecular weight excluding hydrogens is 148 g/mol. The number of carbonyl (C=O) groups is 1. The van der Waals surface area contributed by atoms with Crippen molar-refractivity contribution in [3.63, 3.8) is 0 Å². The highest BCUT2D eigenvalue weighted by Crippen LogP contribution is 2.08. The van der Waals surface area contributed by atoms with Crippen LogP contribution in [0.3, 0.4) is 0 Å². The number of nitrogens with two attached hydrogens (primary N) is 1. The van der Waals surface area contributed by atoms with Crippen LogP contribution in [-0.2, 0) is 4.79 Å². The molecule has 0 aliphatic carbocycles. The average molecular weight is 160 g/mol. The largest absolute Gasteiger partial charge is 0.351 e. The Kier molecular flexibility index (Phi) is 3.02. The summed E-state index contributed by atoms with van der Waals surface area (Å²) < 4.78 is 0. The van der Waals surface area contributed by atoms with Crippen molar-refractivity contribution in [3.05, 3.63) is 0 Å². The third-order valence-corrected chi connectivity index (χ3v) is 2.48. The van der Waals surface area contributed by atoms with E-state index in [4.69, 9.17) is 5.73 Å². The fourth-order valence-electron chi connectivity index (χ4n) is 0.909. The summed E-state index contributed by atoms with van der Waals surface area (Å²) in [6.07, 6.45) is 1.01. The van der Waals surface area contributed by atoms with Crippen LogP contribution in [0.1, 0.15) is 6.42 Å². The minimum Gasteiger partial charge on any atom is -0.351 e. The molecule has 0 saturated carbocycles. The number of nitrogens with one attached hydrogen (secondary N) is 1. The summed E-state index contributed by atoms with van der Waals surface area (Å²) in [5.41, 5.74) is 5.41. The van der Waals surface area contributed by atoms with Gasteiger partial charge in [0.2, 0.25) is 5.91 Å². The molecule has 1 unspecified atom stereocenters. The average Bonchev–Trinajstić information content (AvgIpc) is 2.13. The second-order valence-corrected chi connectivity index (χ2v) is 3.45. The standard InChI is InChI=1S/C6H12N2OS/c7-3-5-1-2-10-4-6(9)8-5/h5H,1-4,7H2,(H,8,9). The molecule has 0 aromatic carbocycles. The van der Waals surface area contributed by atoms with Gasteiger partial charge >= 0.3 is 0 Å². The molecule has 0 radical (unpaired) electrons. The highest BCUT2D eigenvalue weighted by atomic mass is 32.2. The fraction of sp³-hybridized carbons (Fsp3) is 0.833. The highest BCUT2D eigenvalue weighted by Gasteiger charge is 2.14. The summed E-state index contributed by atoms with van der Waals surface area (Å²) in [6.45, 7) is 0.562. The number of thioether (sulfide) groups is 1. The molecule has 58 valence electrons. The normalized spacial score (nSPS) is 27.3. The van der Waals surface area contributed by atoms with Gasteiger partial charge in [-0.3, -0.25) is 4.79 Å². The lowest BCUT2D eigenvalue weighted by atomic mass is 10.2. The molecule has 1 rings (SSSR count). The maximum Gasteiger partial charge on any atom is 0.230 e. The smallest absolute Gasteiger partial charge is 0.230 e. The van der Waals surface area contributed by atoms with Crippen molar-refractivity contribution in [3.8, 4) is 0 Å². The van der Waals surface area contributed by atoms with E-state index in [9.17, 15) is 4.79 Å². The molecule has 1 heterocycles. The number of carbonyl (C=O) groups excluding carboxylic acids is 1. The van der Waals surface area contributed by atoms with Crippen molar-refractivity contribution >= 4 is 17.7 Å². The number of amides is 1. The Hall–Kier alpha value is -0.220. The minimum atomic E-state index is 0.123. The van der Waals surface area contributed by atoms with Gasteiger partial charge in [0.25, 0.3) is 0 Å². The summed E-state index contributed by atoms with van der Waals surface area (Å²) in [4.78, 5) is 10.9. The van der Waals surface area contributed by atoms with E-state index in [-0.39, 0.29) is 11.9 Å². The summed E-state index contributed by atoms with van der Waals surface area (Å²) in [5, 5.41) is 2.84. The van der Waals surface area contributed by atoms with E-state index >= 15 is 0 Å². The van der Waals surface area contributed by atoms with Crippen molar-refractivity contribution in [2.45, 2.75) is 12.5 Å². The molecule has 4 heteroatoms. The molecule has 0 aromatic rings. The van der Waals surface area contributed by atoms with Gasteiger partial charge in [-0.15, -0.1) is 0 Å². The van der Waals surface area contributed by atoms with Gasteiger partial charge in [-0.1, -0.05) is 0 Å². The van der Waals surface area contributed by atoms with Crippen LogP contribution in [0, 0.1) is 0 Å². The molecule has 1 amide bonds. The predicted molar refractivity (Wildman–Crippen MR) is 42.9 cm³/mol. The van der Waals surface area contributed by atoms with Crippen LogP contribution in [0.2, 0.25) is 0 Å². The zero-order valence-electron chi connectivity index (χ0n) is 5.80. The van der Waals surface area contributed by atoms with Gasteiger partial charge in [-0.05, 0) is 12.2 Å². The van der Waals surface area contributed by atoms with Crippen molar-refractivity contribution < 1.29 is 4.79 Å². The van der Waals surface area contributed by atoms with Gasteiger partial charge in [-0.2, -0.15) is 11.8 Å². The zero-order chi connectivity index (χ0) is 7.40. The lowest BCUT2D eigenvalue weighted by molar-refractivity contribution is -0.119. The number of hydrogen-bond donors (Lipinski definition) is 2. The molecule has 1 aliphatic rings. The molecule has 1 atom stereocenters. The van der Waals surface area contributed by atoms with E-state index in [1.807, 2.05) is 0 Å². The van der Waals surface area contributed by atoms with Gasteiger partial charge < -0.3 is 11.1 Å². The zero-order valence-corrected chi connectivity index (χ0v) is 6.62. The van der Waals surface area contributed by atoms with E-state index in [0.29, 0.717) is 12.3 Å². The summed E-state index contributed by atoms with van der Waals surface area (Å²) in [6, 6.07) is 0.211. The SMILES string of the molecule is NCC1CCSCC(=O)N1. The van der Waals surface area contributed by atoms with Crippen LogP contribution < -0.4 is 11.1 Å². The Morgan fingerprint density at radius 3 is 3.30 bits per heavy atom. The molecule has 10 heavy (non-hydrogen) atoms. The fourth-order valence-corrected chi connectivity index (χ4v) is 1.77. The molecule has 0 spiro atoms. The van der Waals surface area contributed by atoms with E-state index in [2.05, 4.69) is 5.32 Å². The van der Waals surface area contributed by atoms with Crippen molar-refractivity contribution in [1.82, 2.24) is 5.32 Å². The first-order chi connectivity index (χ1) is 4.83. The Balaban J connectivity index is 2.38. The van der Waals surface area contributed by atoms with Gasteiger partial charge in [0.15, 0.2) is 0 Å². The lowest BCUT2D eigenvalue weighted by Gasteiger charge is -2.11. The van der Waals surface area contributed by atoms with Crippen LogP contribution in [0.15, 0.2) is 0 Å². The van der Waals surface area contributed by atoms with E-state index < -0.39 is 0 Å². The lowest BCUT2D eigenvalue weighted by Crippen LogP contribution is -2.39. The van der Waals surface area contributed by atoms with Crippen molar-refractivity contribution in [2.24, 2.45) is 5.73 Å². The summed E-state index contributed by atoms with van der Waals surface area (Å²) >= 11 is 1.68. The molecule has 0 aromatic heterocycles. The maximum atomic E-state index is 10.9. The molecule has 1 saturated heterocycles. The van der Waals surface area contributed by atoms with Gasteiger partial charge in [0, 0.05) is 12.6 Å². The molecular formula is C6H12N2OS. The van der Waals surface area contributed by atoms with Crippen LogP contribution in [0.25, 0.3) is 0 Å². The minimum absolute atomic E-state index is 0.123. The van der Waals surface area contributed by atoms with Crippen molar-refractivity contribution in [1.29, 1.82) is 0 Å². The first kappa shape index (κ1) is 7.88. The van der Waals surface area contributed by atoms with Crippen LogP contribution in [-0.4, -0.2) is 30.0 Å². The third-order valence-electron chi connectivity index (χ3n) is 1.49.